The maximum Gasteiger partial charge on any atom is 0.280 e. The summed E-state index contributed by atoms with van der Waals surface area (Å²) in [5.41, 5.74) is -0.274. The zero-order valence-corrected chi connectivity index (χ0v) is 13.8. The highest BCUT2D eigenvalue weighted by Crippen LogP contribution is 2.22. The average Bonchev–Trinajstić information content (AvgIpc) is 2.49. The maximum absolute atomic E-state index is 13.4. The van der Waals surface area contributed by atoms with Crippen LogP contribution in [0.5, 0.6) is 0 Å². The van der Waals surface area contributed by atoms with E-state index >= 15 is 0 Å². The monoisotopic (exact) mass is 365 g/mol. The molecule has 0 radical (unpaired) electrons. The van der Waals surface area contributed by atoms with Gasteiger partial charge in [-0.25, -0.2) is 4.39 Å². The van der Waals surface area contributed by atoms with Crippen LogP contribution in [-0.4, -0.2) is 15.7 Å². The van der Waals surface area contributed by atoms with Gasteiger partial charge in [0.05, 0.1) is 10.9 Å². The summed E-state index contributed by atoms with van der Waals surface area (Å²) in [6.07, 6.45) is 0. The van der Waals surface area contributed by atoms with Crippen molar-refractivity contribution in [2.45, 2.75) is 0 Å². The number of aromatic nitrogens is 2. The molecule has 1 heterocycles. The lowest BCUT2D eigenvalue weighted by molar-refractivity contribution is 0.101. The summed E-state index contributed by atoms with van der Waals surface area (Å²) in [5.74, 6) is -1.31. The van der Waals surface area contributed by atoms with Gasteiger partial charge in [-0.3, -0.25) is 14.3 Å². The molecule has 0 aliphatic rings. The third-order valence-electron chi connectivity index (χ3n) is 3.35. The van der Waals surface area contributed by atoms with E-state index in [0.717, 1.165) is 6.07 Å². The number of nitrogens with one attached hydrogen (secondary N) is 1. The highest BCUT2D eigenvalue weighted by Gasteiger charge is 2.17. The summed E-state index contributed by atoms with van der Waals surface area (Å²) in [4.78, 5) is 24.8. The number of carbonyl (C=O) groups excluding carboxylic acids is 1. The topological polar surface area (TPSA) is 64.0 Å². The molecule has 2 aromatic carbocycles. The Labute approximate surface area is 145 Å². The van der Waals surface area contributed by atoms with Gasteiger partial charge >= 0.3 is 0 Å². The van der Waals surface area contributed by atoms with Crippen molar-refractivity contribution in [3.05, 3.63) is 68.2 Å². The Balaban J connectivity index is 2.07. The lowest BCUT2D eigenvalue weighted by Gasteiger charge is -2.09. The molecule has 0 spiro atoms. The fourth-order valence-corrected chi connectivity index (χ4v) is 2.84. The van der Waals surface area contributed by atoms with Gasteiger partial charge in [0.25, 0.3) is 5.91 Å². The van der Waals surface area contributed by atoms with Gasteiger partial charge in [-0.1, -0.05) is 23.2 Å². The largest absolute Gasteiger partial charge is 0.320 e. The zero-order chi connectivity index (χ0) is 17.4. The Bertz CT molecular complexity index is 1010. The Morgan fingerprint density at radius 2 is 1.83 bits per heavy atom. The van der Waals surface area contributed by atoms with Crippen LogP contribution in [0.25, 0.3) is 10.9 Å². The SMILES string of the molecule is Cn1nc(C(=O)Nc2cc(Cl)cc(Cl)c2)c(=O)c2cc(F)ccc21. The van der Waals surface area contributed by atoms with Crippen molar-refractivity contribution in [2.75, 3.05) is 5.32 Å². The standard InChI is InChI=1S/C16H10Cl2FN3O2/c1-22-13-3-2-10(19)7-12(13)15(23)14(21-22)16(24)20-11-5-8(17)4-9(18)6-11/h2-7H,1H3,(H,20,24). The van der Waals surface area contributed by atoms with Crippen LogP contribution in [0.15, 0.2) is 41.2 Å². The van der Waals surface area contributed by atoms with E-state index in [-0.39, 0.29) is 11.1 Å². The molecule has 24 heavy (non-hydrogen) atoms. The molecule has 0 aliphatic heterocycles. The second-order valence-corrected chi connectivity index (χ2v) is 5.95. The molecule has 0 bridgehead atoms. The van der Waals surface area contributed by atoms with E-state index in [1.54, 1.807) is 7.05 Å². The van der Waals surface area contributed by atoms with Crippen LogP contribution >= 0.6 is 23.2 Å². The Hall–Kier alpha value is -2.44. The first-order valence-electron chi connectivity index (χ1n) is 6.79. The van der Waals surface area contributed by atoms with E-state index in [9.17, 15) is 14.0 Å². The quantitative estimate of drug-likeness (QED) is 0.753. The van der Waals surface area contributed by atoms with Gasteiger partial charge in [0.2, 0.25) is 5.43 Å². The Morgan fingerprint density at radius 3 is 2.50 bits per heavy atom. The fourth-order valence-electron chi connectivity index (χ4n) is 2.31. The molecular weight excluding hydrogens is 356 g/mol. The Morgan fingerprint density at radius 1 is 1.17 bits per heavy atom. The number of hydrogen-bond acceptors (Lipinski definition) is 3. The highest BCUT2D eigenvalue weighted by atomic mass is 35.5. The molecule has 0 saturated heterocycles. The molecule has 0 atom stereocenters. The molecule has 8 heteroatoms. The molecule has 122 valence electrons. The highest BCUT2D eigenvalue weighted by molar-refractivity contribution is 6.35. The summed E-state index contributed by atoms with van der Waals surface area (Å²) in [7, 11) is 1.56. The molecule has 0 fully saturated rings. The molecule has 0 unspecified atom stereocenters. The van der Waals surface area contributed by atoms with Crippen molar-refractivity contribution in [3.63, 3.8) is 0 Å². The number of benzene rings is 2. The van der Waals surface area contributed by atoms with Gasteiger partial charge in [-0.2, -0.15) is 5.10 Å². The molecule has 0 saturated carbocycles. The first kappa shape index (κ1) is 16.4. The normalized spacial score (nSPS) is 10.8. The number of aryl methyl sites for hydroxylation is 1. The van der Waals surface area contributed by atoms with E-state index in [4.69, 9.17) is 23.2 Å². The van der Waals surface area contributed by atoms with Gasteiger partial charge < -0.3 is 5.32 Å². The molecule has 3 rings (SSSR count). The van der Waals surface area contributed by atoms with Gasteiger partial charge in [0.15, 0.2) is 5.69 Å². The molecule has 5 nitrogen and oxygen atoms in total. The van der Waals surface area contributed by atoms with E-state index in [1.165, 1.54) is 35.0 Å². The van der Waals surface area contributed by atoms with Gasteiger partial charge in [-0.15, -0.1) is 0 Å². The summed E-state index contributed by atoms with van der Waals surface area (Å²) in [6, 6.07) is 8.20. The van der Waals surface area contributed by atoms with Crippen molar-refractivity contribution in [2.24, 2.45) is 7.05 Å². The van der Waals surface area contributed by atoms with E-state index < -0.39 is 17.2 Å². The second kappa shape index (κ2) is 6.22. The van der Waals surface area contributed by atoms with Crippen molar-refractivity contribution in [1.82, 2.24) is 9.78 Å². The van der Waals surface area contributed by atoms with E-state index in [1.807, 2.05) is 0 Å². The third kappa shape index (κ3) is 3.11. The average molecular weight is 366 g/mol. The maximum atomic E-state index is 13.4. The minimum absolute atomic E-state index is 0.0711. The van der Waals surface area contributed by atoms with Crippen LogP contribution < -0.4 is 10.7 Å². The number of carbonyl (C=O) groups is 1. The van der Waals surface area contributed by atoms with E-state index in [0.29, 0.717) is 21.2 Å². The first-order valence-corrected chi connectivity index (χ1v) is 7.55. The summed E-state index contributed by atoms with van der Waals surface area (Å²) in [6.45, 7) is 0. The van der Waals surface area contributed by atoms with Gasteiger partial charge in [-0.05, 0) is 36.4 Å². The van der Waals surface area contributed by atoms with Crippen molar-refractivity contribution in [1.29, 1.82) is 0 Å². The first-order chi connectivity index (χ1) is 11.3. The smallest absolute Gasteiger partial charge is 0.280 e. The number of anilines is 1. The molecular formula is C16H10Cl2FN3O2. The zero-order valence-electron chi connectivity index (χ0n) is 12.3. The fraction of sp³-hybridized carbons (Fsp3) is 0.0625. The van der Waals surface area contributed by atoms with Crippen LogP contribution in [0, 0.1) is 5.82 Å². The number of fused-ring (bicyclic) bond motifs is 1. The molecule has 3 aromatic rings. The van der Waals surface area contributed by atoms with E-state index in [2.05, 4.69) is 10.4 Å². The lowest BCUT2D eigenvalue weighted by Crippen LogP contribution is -2.26. The minimum atomic E-state index is -0.736. The predicted molar refractivity (Wildman–Crippen MR) is 91.4 cm³/mol. The van der Waals surface area contributed by atoms with Gasteiger partial charge in [0, 0.05) is 22.8 Å². The van der Waals surface area contributed by atoms with Crippen molar-refractivity contribution >= 4 is 45.7 Å². The summed E-state index contributed by atoms with van der Waals surface area (Å²) < 4.78 is 14.8. The molecule has 1 N–H and O–H groups in total. The van der Waals surface area contributed by atoms with Crippen LogP contribution in [-0.2, 0) is 7.05 Å². The van der Waals surface area contributed by atoms with Crippen molar-refractivity contribution < 1.29 is 9.18 Å². The predicted octanol–water partition coefficient (Wildman–Crippen LogP) is 3.63. The number of amides is 1. The summed E-state index contributed by atoms with van der Waals surface area (Å²) >= 11 is 11.7. The minimum Gasteiger partial charge on any atom is -0.320 e. The molecule has 1 amide bonds. The Kier molecular flexibility index (Phi) is 4.26. The lowest BCUT2D eigenvalue weighted by atomic mass is 10.2. The number of halogens is 3. The number of hydrogen-bond donors (Lipinski definition) is 1. The number of nitrogens with zero attached hydrogens (tertiary/aromatic N) is 2. The van der Waals surface area contributed by atoms with Gasteiger partial charge in [0.1, 0.15) is 5.82 Å². The second-order valence-electron chi connectivity index (χ2n) is 5.08. The summed E-state index contributed by atoms with van der Waals surface area (Å²) in [5, 5.41) is 7.22. The number of rotatable bonds is 2. The van der Waals surface area contributed by atoms with Crippen LogP contribution in [0.3, 0.4) is 0 Å². The van der Waals surface area contributed by atoms with Crippen molar-refractivity contribution in [3.8, 4) is 0 Å². The third-order valence-corrected chi connectivity index (χ3v) is 3.79. The van der Waals surface area contributed by atoms with Crippen LogP contribution in [0.2, 0.25) is 10.0 Å². The molecule has 0 aliphatic carbocycles. The van der Waals surface area contributed by atoms with Crippen LogP contribution in [0.1, 0.15) is 10.5 Å². The van der Waals surface area contributed by atoms with Crippen LogP contribution in [0.4, 0.5) is 10.1 Å². The molecule has 1 aromatic heterocycles.